The molecular weight excluding hydrogens is 406 g/mol. The summed E-state index contributed by atoms with van der Waals surface area (Å²) < 4.78 is 4.90. The van der Waals surface area contributed by atoms with Crippen molar-refractivity contribution >= 4 is 29.2 Å². The van der Waals surface area contributed by atoms with Crippen molar-refractivity contribution in [3.05, 3.63) is 83.6 Å². The molecule has 1 heterocycles. The first-order valence-corrected chi connectivity index (χ1v) is 10.6. The summed E-state index contributed by atoms with van der Waals surface area (Å²) in [4.78, 5) is 36.0. The van der Waals surface area contributed by atoms with E-state index in [1.807, 2.05) is 60.7 Å². The number of nitrogens with one attached hydrogen (secondary N) is 3. The highest BCUT2D eigenvalue weighted by Gasteiger charge is 2.45. The SMILES string of the molecule is CC(=O)NCCCC1(Nc2ccccc2)CC2=C(C=C1Nc1ccccc1)C(=O)OC2=O. The molecule has 2 aliphatic rings. The number of carbonyl (C=O) groups excluding carboxylic acids is 3. The highest BCUT2D eigenvalue weighted by molar-refractivity contribution is 6.14. The molecule has 0 radical (unpaired) electrons. The Morgan fingerprint density at radius 1 is 0.969 bits per heavy atom. The summed E-state index contributed by atoms with van der Waals surface area (Å²) in [6, 6.07) is 19.4. The number of para-hydroxylation sites is 2. The second-order valence-corrected chi connectivity index (χ2v) is 7.95. The van der Waals surface area contributed by atoms with Crippen LogP contribution in [0, 0.1) is 0 Å². The average Bonchev–Trinajstić information content (AvgIpc) is 3.05. The predicted molar refractivity (Wildman–Crippen MR) is 122 cm³/mol. The standard InChI is InChI=1S/C25H25N3O4/c1-17(29)26-14-8-13-25(28-19-11-6-3-7-12-19)16-21-20(23(30)32-24(21)31)15-22(25)27-18-9-4-2-5-10-18/h2-7,9-12,15,27-28H,8,13-14,16H2,1H3,(H,26,29). The number of benzene rings is 2. The van der Waals surface area contributed by atoms with Crippen LogP contribution < -0.4 is 16.0 Å². The lowest BCUT2D eigenvalue weighted by Crippen LogP contribution is -2.46. The highest BCUT2D eigenvalue weighted by atomic mass is 16.6. The molecule has 0 spiro atoms. The van der Waals surface area contributed by atoms with Gasteiger partial charge in [0, 0.05) is 37.0 Å². The summed E-state index contributed by atoms with van der Waals surface area (Å²) in [6.45, 7) is 1.99. The molecule has 1 atom stereocenters. The summed E-state index contributed by atoms with van der Waals surface area (Å²) in [5, 5.41) is 9.88. The van der Waals surface area contributed by atoms with Gasteiger partial charge in [-0.25, -0.2) is 9.59 Å². The minimum atomic E-state index is -0.710. The van der Waals surface area contributed by atoms with Crippen LogP contribution in [0.2, 0.25) is 0 Å². The molecule has 3 N–H and O–H groups in total. The summed E-state index contributed by atoms with van der Waals surface area (Å²) in [6.07, 6.45) is 3.27. The van der Waals surface area contributed by atoms with Crippen molar-refractivity contribution in [3.63, 3.8) is 0 Å². The van der Waals surface area contributed by atoms with Crippen molar-refractivity contribution in [1.29, 1.82) is 0 Å². The molecule has 0 saturated heterocycles. The van der Waals surface area contributed by atoms with Crippen LogP contribution in [0.3, 0.4) is 0 Å². The largest absolute Gasteiger partial charge is 0.386 e. The number of carbonyl (C=O) groups is 3. The zero-order chi connectivity index (χ0) is 22.6. The van der Waals surface area contributed by atoms with Crippen LogP contribution in [0.15, 0.2) is 83.6 Å². The van der Waals surface area contributed by atoms with E-state index in [0.717, 1.165) is 17.1 Å². The fraction of sp³-hybridized carbons (Fsp3) is 0.240. The van der Waals surface area contributed by atoms with E-state index in [-0.39, 0.29) is 12.3 Å². The molecule has 7 heteroatoms. The van der Waals surface area contributed by atoms with Gasteiger partial charge in [-0.3, -0.25) is 4.79 Å². The van der Waals surface area contributed by atoms with Gasteiger partial charge in [-0.05, 0) is 43.2 Å². The van der Waals surface area contributed by atoms with Gasteiger partial charge in [0.15, 0.2) is 0 Å². The molecule has 1 amide bonds. The summed E-state index contributed by atoms with van der Waals surface area (Å²) in [5.74, 6) is -1.31. The molecule has 0 bridgehead atoms. The molecular formula is C25H25N3O4. The maximum absolute atomic E-state index is 12.4. The van der Waals surface area contributed by atoms with Gasteiger partial charge in [0.2, 0.25) is 5.91 Å². The Bertz CT molecular complexity index is 1090. The van der Waals surface area contributed by atoms with Crippen LogP contribution in [0.4, 0.5) is 11.4 Å². The average molecular weight is 431 g/mol. The van der Waals surface area contributed by atoms with Crippen molar-refractivity contribution in [2.24, 2.45) is 0 Å². The lowest BCUT2D eigenvalue weighted by atomic mass is 9.77. The Morgan fingerprint density at radius 3 is 2.28 bits per heavy atom. The first kappa shape index (κ1) is 21.4. The zero-order valence-corrected chi connectivity index (χ0v) is 17.8. The number of hydrogen-bond donors (Lipinski definition) is 3. The van der Waals surface area contributed by atoms with Crippen molar-refractivity contribution in [1.82, 2.24) is 5.32 Å². The second-order valence-electron chi connectivity index (χ2n) is 7.95. The van der Waals surface area contributed by atoms with E-state index in [1.165, 1.54) is 6.92 Å². The van der Waals surface area contributed by atoms with Crippen LogP contribution in [-0.2, 0) is 19.1 Å². The third kappa shape index (κ3) is 4.56. The third-order valence-electron chi connectivity index (χ3n) is 5.62. The molecule has 0 saturated carbocycles. The third-order valence-corrected chi connectivity index (χ3v) is 5.62. The van der Waals surface area contributed by atoms with E-state index in [0.29, 0.717) is 30.5 Å². The monoisotopic (exact) mass is 431 g/mol. The smallest absolute Gasteiger partial charge is 0.346 e. The van der Waals surface area contributed by atoms with Crippen molar-refractivity contribution in [2.75, 3.05) is 17.2 Å². The molecule has 1 aliphatic heterocycles. The zero-order valence-electron chi connectivity index (χ0n) is 17.8. The van der Waals surface area contributed by atoms with Crippen LogP contribution in [-0.4, -0.2) is 29.9 Å². The van der Waals surface area contributed by atoms with Crippen LogP contribution in [0.1, 0.15) is 26.2 Å². The van der Waals surface area contributed by atoms with E-state index in [1.54, 1.807) is 6.08 Å². The van der Waals surface area contributed by atoms with E-state index in [9.17, 15) is 14.4 Å². The fourth-order valence-corrected chi connectivity index (χ4v) is 4.11. The maximum atomic E-state index is 12.4. The predicted octanol–water partition coefficient (Wildman–Crippen LogP) is 3.53. The molecule has 0 aromatic heterocycles. The lowest BCUT2D eigenvalue weighted by Gasteiger charge is -2.40. The molecule has 2 aromatic carbocycles. The molecule has 7 nitrogen and oxygen atoms in total. The van der Waals surface area contributed by atoms with E-state index >= 15 is 0 Å². The number of cyclic esters (lactones) is 2. The summed E-state index contributed by atoms with van der Waals surface area (Å²) in [5.41, 5.74) is 2.47. The van der Waals surface area contributed by atoms with Gasteiger partial charge < -0.3 is 20.7 Å². The van der Waals surface area contributed by atoms with Gasteiger partial charge >= 0.3 is 11.9 Å². The Hall–Kier alpha value is -3.87. The minimum Gasteiger partial charge on any atom is -0.386 e. The first-order chi connectivity index (χ1) is 15.5. The molecule has 32 heavy (non-hydrogen) atoms. The Balaban J connectivity index is 1.73. The van der Waals surface area contributed by atoms with Gasteiger partial charge in [0.1, 0.15) is 0 Å². The van der Waals surface area contributed by atoms with Crippen molar-refractivity contribution in [2.45, 2.75) is 31.7 Å². The highest BCUT2D eigenvalue weighted by Crippen LogP contribution is 2.42. The van der Waals surface area contributed by atoms with Gasteiger partial charge in [0.25, 0.3) is 0 Å². The van der Waals surface area contributed by atoms with Crippen LogP contribution in [0.5, 0.6) is 0 Å². The number of hydrogen-bond acceptors (Lipinski definition) is 6. The number of rotatable bonds is 8. The topological polar surface area (TPSA) is 96.5 Å². The number of anilines is 2. The van der Waals surface area contributed by atoms with E-state index in [4.69, 9.17) is 4.74 Å². The van der Waals surface area contributed by atoms with E-state index in [2.05, 4.69) is 16.0 Å². The van der Waals surface area contributed by atoms with Gasteiger partial charge in [-0.2, -0.15) is 0 Å². The maximum Gasteiger partial charge on any atom is 0.346 e. The minimum absolute atomic E-state index is 0.0909. The summed E-state index contributed by atoms with van der Waals surface area (Å²) in [7, 11) is 0. The first-order valence-electron chi connectivity index (χ1n) is 10.6. The van der Waals surface area contributed by atoms with E-state index < -0.39 is 17.5 Å². The van der Waals surface area contributed by atoms with Crippen LogP contribution in [0.25, 0.3) is 0 Å². The normalized spacial score (nSPS) is 19.7. The quantitative estimate of drug-likeness (QED) is 0.336. The Labute approximate surface area is 186 Å². The number of amides is 1. The fourth-order valence-electron chi connectivity index (χ4n) is 4.11. The molecule has 0 fully saturated rings. The molecule has 2 aromatic rings. The molecule has 4 rings (SSSR count). The van der Waals surface area contributed by atoms with Gasteiger partial charge in [-0.15, -0.1) is 0 Å². The van der Waals surface area contributed by atoms with Crippen LogP contribution >= 0.6 is 0 Å². The molecule has 164 valence electrons. The van der Waals surface area contributed by atoms with Crippen molar-refractivity contribution in [3.8, 4) is 0 Å². The Kier molecular flexibility index (Phi) is 6.07. The van der Waals surface area contributed by atoms with Crippen molar-refractivity contribution < 1.29 is 19.1 Å². The molecule has 1 aliphatic carbocycles. The lowest BCUT2D eigenvalue weighted by molar-refractivity contribution is -0.151. The van der Waals surface area contributed by atoms with Gasteiger partial charge in [-0.1, -0.05) is 36.4 Å². The van der Waals surface area contributed by atoms with Gasteiger partial charge in [0.05, 0.1) is 16.7 Å². The second kappa shape index (κ2) is 9.09. The number of esters is 2. The summed E-state index contributed by atoms with van der Waals surface area (Å²) >= 11 is 0. The Morgan fingerprint density at radius 2 is 1.62 bits per heavy atom. The molecule has 1 unspecified atom stereocenters. The number of ether oxygens (including phenoxy) is 1.